The molecule has 0 saturated heterocycles. The molecule has 1 aliphatic carbocycles. The van der Waals surface area contributed by atoms with Gasteiger partial charge in [-0.3, -0.25) is 4.98 Å². The molecule has 1 saturated carbocycles. The van der Waals surface area contributed by atoms with Crippen LogP contribution in [0.4, 0.5) is 0 Å². The third kappa shape index (κ3) is 3.77. The lowest BCUT2D eigenvalue weighted by Gasteiger charge is -2.47. The molecule has 19 heavy (non-hydrogen) atoms. The van der Waals surface area contributed by atoms with Crippen LogP contribution in [0.3, 0.4) is 0 Å². The normalized spacial score (nSPS) is 30.2. The Balaban J connectivity index is 2.05. The van der Waals surface area contributed by atoms with Crippen LogP contribution >= 0.6 is 0 Å². The van der Waals surface area contributed by atoms with E-state index in [9.17, 15) is 5.11 Å². The number of nitrogens with one attached hydrogen (secondary N) is 1. The topological polar surface area (TPSA) is 45.1 Å². The molecule has 1 aliphatic rings. The molecule has 1 fully saturated rings. The Bertz CT molecular complexity index is 404. The minimum absolute atomic E-state index is 0.154. The number of hydrogen-bond donors (Lipinski definition) is 2. The van der Waals surface area contributed by atoms with Crippen molar-refractivity contribution >= 4 is 0 Å². The molecule has 2 rings (SSSR count). The van der Waals surface area contributed by atoms with Gasteiger partial charge < -0.3 is 10.4 Å². The van der Waals surface area contributed by atoms with E-state index in [-0.39, 0.29) is 17.6 Å². The molecule has 0 radical (unpaired) electrons. The Morgan fingerprint density at radius 3 is 2.74 bits per heavy atom. The van der Waals surface area contributed by atoms with E-state index in [2.05, 4.69) is 31.1 Å². The Kier molecular flexibility index (Phi) is 4.26. The van der Waals surface area contributed by atoms with E-state index >= 15 is 0 Å². The predicted octanol–water partition coefficient (Wildman–Crippen LogP) is 2.75. The van der Waals surface area contributed by atoms with Crippen LogP contribution in [0, 0.1) is 11.3 Å². The Morgan fingerprint density at radius 1 is 1.37 bits per heavy atom. The zero-order valence-corrected chi connectivity index (χ0v) is 12.3. The lowest BCUT2D eigenvalue weighted by molar-refractivity contribution is 0.0350. The average Bonchev–Trinajstić information content (AvgIpc) is 2.35. The van der Waals surface area contributed by atoms with Crippen molar-refractivity contribution < 1.29 is 5.11 Å². The number of rotatable bonds is 4. The summed E-state index contributed by atoms with van der Waals surface area (Å²) >= 11 is 0. The van der Waals surface area contributed by atoms with Gasteiger partial charge in [0.25, 0.3) is 0 Å². The molecule has 3 nitrogen and oxygen atoms in total. The van der Waals surface area contributed by atoms with E-state index in [0.29, 0.717) is 5.92 Å². The van der Waals surface area contributed by atoms with Gasteiger partial charge in [0.2, 0.25) is 0 Å². The Labute approximate surface area is 116 Å². The van der Waals surface area contributed by atoms with Gasteiger partial charge >= 0.3 is 0 Å². The van der Waals surface area contributed by atoms with Gasteiger partial charge in [-0.15, -0.1) is 0 Å². The molecule has 2 N–H and O–H groups in total. The molecule has 106 valence electrons. The van der Waals surface area contributed by atoms with Crippen LogP contribution in [0.2, 0.25) is 0 Å². The molecule has 3 heteroatoms. The van der Waals surface area contributed by atoms with E-state index in [4.69, 9.17) is 0 Å². The van der Waals surface area contributed by atoms with Crippen molar-refractivity contribution in [1.82, 2.24) is 10.3 Å². The summed E-state index contributed by atoms with van der Waals surface area (Å²) in [6.45, 7) is 7.82. The van der Waals surface area contributed by atoms with Crippen molar-refractivity contribution in [2.75, 3.05) is 6.61 Å². The summed E-state index contributed by atoms with van der Waals surface area (Å²) in [4.78, 5) is 4.34. The molecule has 0 amide bonds. The van der Waals surface area contributed by atoms with E-state index in [1.807, 2.05) is 24.4 Å². The van der Waals surface area contributed by atoms with Gasteiger partial charge in [-0.05, 0) is 42.7 Å². The highest BCUT2D eigenvalue weighted by Gasteiger charge is 2.42. The fraction of sp³-hybridized carbons (Fsp3) is 0.688. The summed E-state index contributed by atoms with van der Waals surface area (Å²) in [7, 11) is 0. The number of nitrogens with zero attached hydrogens (tertiary/aromatic N) is 1. The maximum Gasteiger partial charge on any atom is 0.0613 e. The van der Waals surface area contributed by atoms with Gasteiger partial charge in [0.15, 0.2) is 0 Å². The second kappa shape index (κ2) is 5.59. The second-order valence-corrected chi connectivity index (χ2v) is 6.97. The molecule has 1 aromatic rings. The van der Waals surface area contributed by atoms with Gasteiger partial charge in [-0.25, -0.2) is 0 Å². The number of aliphatic hydroxyl groups is 1. The number of aromatic nitrogens is 1. The van der Waals surface area contributed by atoms with Gasteiger partial charge in [0, 0.05) is 18.3 Å². The maximum atomic E-state index is 9.89. The molecule has 0 aliphatic heterocycles. The van der Waals surface area contributed by atoms with Crippen LogP contribution in [0.1, 0.15) is 45.7 Å². The van der Waals surface area contributed by atoms with Crippen LogP contribution in [0.5, 0.6) is 0 Å². The van der Waals surface area contributed by atoms with Crippen LogP contribution in [0.25, 0.3) is 0 Å². The molecule has 2 unspecified atom stereocenters. The zero-order chi connectivity index (χ0) is 13.9. The van der Waals surface area contributed by atoms with E-state index < -0.39 is 0 Å². The van der Waals surface area contributed by atoms with Gasteiger partial charge in [-0.2, -0.15) is 0 Å². The van der Waals surface area contributed by atoms with E-state index in [1.54, 1.807) is 0 Å². The zero-order valence-electron chi connectivity index (χ0n) is 12.3. The van der Waals surface area contributed by atoms with Gasteiger partial charge in [0.1, 0.15) is 0 Å². The van der Waals surface area contributed by atoms with Gasteiger partial charge in [0.05, 0.1) is 12.3 Å². The fourth-order valence-corrected chi connectivity index (χ4v) is 3.83. The molecule has 0 spiro atoms. The number of pyridine rings is 1. The van der Waals surface area contributed by atoms with Crippen LogP contribution in [-0.4, -0.2) is 22.2 Å². The summed E-state index contributed by atoms with van der Waals surface area (Å²) in [6.07, 6.45) is 5.11. The fourth-order valence-electron chi connectivity index (χ4n) is 3.83. The predicted molar refractivity (Wildman–Crippen MR) is 77.7 cm³/mol. The van der Waals surface area contributed by atoms with Crippen molar-refractivity contribution in [3.05, 3.63) is 30.1 Å². The SMILES string of the molecule is CC1CC(C)(C)CC(CO)(NCc2ccccn2)C1. The molecule has 2 atom stereocenters. The van der Waals surface area contributed by atoms with Crippen LogP contribution in [0.15, 0.2) is 24.4 Å². The highest BCUT2D eigenvalue weighted by molar-refractivity contribution is 5.05. The van der Waals surface area contributed by atoms with Crippen molar-refractivity contribution in [3.63, 3.8) is 0 Å². The molecular formula is C16H26N2O. The summed E-state index contributed by atoms with van der Waals surface area (Å²) < 4.78 is 0. The minimum atomic E-state index is -0.154. The smallest absolute Gasteiger partial charge is 0.0613 e. The van der Waals surface area contributed by atoms with Crippen LogP contribution < -0.4 is 5.32 Å². The maximum absolute atomic E-state index is 9.89. The van der Waals surface area contributed by atoms with E-state index in [1.165, 1.54) is 6.42 Å². The third-order valence-corrected chi connectivity index (χ3v) is 4.13. The quantitative estimate of drug-likeness (QED) is 0.877. The first-order valence-corrected chi connectivity index (χ1v) is 7.21. The highest BCUT2D eigenvalue weighted by atomic mass is 16.3. The molecule has 1 heterocycles. The monoisotopic (exact) mass is 262 g/mol. The summed E-state index contributed by atoms with van der Waals surface area (Å²) in [5.41, 5.74) is 1.17. The lowest BCUT2D eigenvalue weighted by atomic mass is 9.64. The summed E-state index contributed by atoms with van der Waals surface area (Å²) in [5.74, 6) is 0.645. The highest BCUT2D eigenvalue weighted by Crippen LogP contribution is 2.43. The van der Waals surface area contributed by atoms with Crippen molar-refractivity contribution in [1.29, 1.82) is 0 Å². The second-order valence-electron chi connectivity index (χ2n) is 6.97. The average molecular weight is 262 g/mol. The number of aliphatic hydroxyl groups excluding tert-OH is 1. The first-order valence-electron chi connectivity index (χ1n) is 7.21. The molecule has 1 aromatic heterocycles. The lowest BCUT2D eigenvalue weighted by Crippen LogP contribution is -2.54. The third-order valence-electron chi connectivity index (χ3n) is 4.13. The summed E-state index contributed by atoms with van der Waals surface area (Å²) in [6, 6.07) is 5.95. The summed E-state index contributed by atoms with van der Waals surface area (Å²) in [5, 5.41) is 13.5. The van der Waals surface area contributed by atoms with Crippen molar-refractivity contribution in [2.45, 2.75) is 52.1 Å². The van der Waals surface area contributed by atoms with Crippen molar-refractivity contribution in [2.24, 2.45) is 11.3 Å². The first-order chi connectivity index (χ1) is 8.95. The van der Waals surface area contributed by atoms with Crippen molar-refractivity contribution in [3.8, 4) is 0 Å². The molecule has 0 bridgehead atoms. The standard InChI is InChI=1S/C16H26N2O/c1-13-8-15(2,3)11-16(9-13,12-19)18-10-14-6-4-5-7-17-14/h4-7,13,18-19H,8-12H2,1-3H3. The first kappa shape index (κ1) is 14.5. The van der Waals surface area contributed by atoms with Crippen LogP contribution in [-0.2, 0) is 6.54 Å². The van der Waals surface area contributed by atoms with E-state index in [0.717, 1.165) is 25.1 Å². The largest absolute Gasteiger partial charge is 0.394 e. The molecule has 0 aromatic carbocycles. The Hall–Kier alpha value is -0.930. The minimum Gasteiger partial charge on any atom is -0.394 e. The number of hydrogen-bond acceptors (Lipinski definition) is 3. The van der Waals surface area contributed by atoms with Gasteiger partial charge in [-0.1, -0.05) is 26.8 Å². The Morgan fingerprint density at radius 2 is 2.16 bits per heavy atom. The molecular weight excluding hydrogens is 236 g/mol.